The van der Waals surface area contributed by atoms with Gasteiger partial charge in [0.05, 0.1) is 6.04 Å². The topological polar surface area (TPSA) is 49.6 Å². The maximum atomic E-state index is 12.6. The van der Waals surface area contributed by atoms with Crippen LogP contribution in [-0.4, -0.2) is 41.4 Å². The van der Waals surface area contributed by atoms with Gasteiger partial charge in [-0.2, -0.15) is 0 Å². The number of hydrogen-bond acceptors (Lipinski definition) is 3. The molecule has 0 saturated carbocycles. The average Bonchev–Trinajstić information content (AvgIpc) is 3.02. The molecular weight excluding hydrogens is 262 g/mol. The molecule has 21 heavy (non-hydrogen) atoms. The van der Waals surface area contributed by atoms with Gasteiger partial charge in [0.25, 0.3) is 0 Å². The van der Waals surface area contributed by atoms with Crippen LogP contribution in [0.2, 0.25) is 0 Å². The van der Waals surface area contributed by atoms with E-state index in [2.05, 4.69) is 11.8 Å². The van der Waals surface area contributed by atoms with Gasteiger partial charge in [-0.3, -0.25) is 9.69 Å². The minimum atomic E-state index is -0.0550. The normalized spacial score (nSPS) is 16.4. The van der Waals surface area contributed by atoms with E-state index in [1.165, 1.54) is 5.56 Å². The van der Waals surface area contributed by atoms with Gasteiger partial charge in [-0.05, 0) is 50.4 Å². The van der Waals surface area contributed by atoms with E-state index in [1.807, 2.05) is 36.1 Å². The Balaban J connectivity index is 2.02. The Kier molecular flexibility index (Phi) is 5.62. The van der Waals surface area contributed by atoms with Crippen LogP contribution in [0.5, 0.6) is 0 Å². The Bertz CT molecular complexity index is 452. The number of rotatable bonds is 6. The van der Waals surface area contributed by atoms with E-state index in [1.54, 1.807) is 0 Å². The van der Waals surface area contributed by atoms with Gasteiger partial charge in [0.15, 0.2) is 0 Å². The zero-order valence-corrected chi connectivity index (χ0v) is 13.2. The van der Waals surface area contributed by atoms with E-state index in [4.69, 9.17) is 5.73 Å². The molecule has 0 bridgehead atoms. The molecule has 1 aliphatic heterocycles. The predicted molar refractivity (Wildman–Crippen MR) is 86.8 cm³/mol. The molecular formula is C17H27N3O. The molecule has 2 N–H and O–H groups in total. The van der Waals surface area contributed by atoms with Crippen LogP contribution < -0.4 is 5.73 Å². The van der Waals surface area contributed by atoms with E-state index >= 15 is 0 Å². The van der Waals surface area contributed by atoms with Crippen LogP contribution in [0.1, 0.15) is 38.7 Å². The number of carbonyl (C=O) groups excluding carboxylic acids is 1. The zero-order valence-electron chi connectivity index (χ0n) is 13.2. The smallest absolute Gasteiger partial charge is 0.239 e. The highest BCUT2D eigenvalue weighted by Crippen LogP contribution is 2.15. The molecule has 1 heterocycles. The van der Waals surface area contributed by atoms with Gasteiger partial charge >= 0.3 is 0 Å². The van der Waals surface area contributed by atoms with Gasteiger partial charge in [0, 0.05) is 25.3 Å². The highest BCUT2D eigenvalue weighted by molar-refractivity contribution is 5.81. The van der Waals surface area contributed by atoms with Crippen molar-refractivity contribution in [1.82, 2.24) is 9.80 Å². The highest BCUT2D eigenvalue weighted by atomic mass is 16.2. The lowest BCUT2D eigenvalue weighted by Gasteiger charge is -2.31. The van der Waals surface area contributed by atoms with E-state index in [0.717, 1.165) is 51.1 Å². The van der Waals surface area contributed by atoms with Crippen LogP contribution in [0, 0.1) is 0 Å². The van der Waals surface area contributed by atoms with Crippen molar-refractivity contribution < 1.29 is 4.79 Å². The predicted octanol–water partition coefficient (Wildman–Crippen LogP) is 2.49. The SMILES string of the molecule is CCCN(Cc1ccc(N)cc1)C(C)C(=O)N1CCCC1. The Morgan fingerprint density at radius 2 is 1.90 bits per heavy atom. The minimum Gasteiger partial charge on any atom is -0.399 e. The van der Waals surface area contributed by atoms with Crippen LogP contribution in [0.3, 0.4) is 0 Å². The summed E-state index contributed by atoms with van der Waals surface area (Å²) in [4.78, 5) is 16.9. The van der Waals surface area contributed by atoms with Crippen molar-refractivity contribution in [2.24, 2.45) is 0 Å². The fourth-order valence-corrected chi connectivity index (χ4v) is 2.91. The first-order valence-corrected chi connectivity index (χ1v) is 7.99. The monoisotopic (exact) mass is 289 g/mol. The van der Waals surface area contributed by atoms with Crippen molar-refractivity contribution >= 4 is 11.6 Å². The summed E-state index contributed by atoms with van der Waals surface area (Å²) in [7, 11) is 0. The standard InChI is InChI=1S/C17H27N3O/c1-3-10-20(13-15-6-8-16(18)9-7-15)14(2)17(21)19-11-4-5-12-19/h6-9,14H,3-5,10-13,18H2,1-2H3. The molecule has 0 aliphatic carbocycles. The molecule has 4 nitrogen and oxygen atoms in total. The van der Waals surface area contributed by atoms with Crippen molar-refractivity contribution in [2.45, 2.75) is 45.7 Å². The Hall–Kier alpha value is -1.55. The van der Waals surface area contributed by atoms with Crippen LogP contribution in [0.4, 0.5) is 5.69 Å². The number of nitrogens with two attached hydrogens (primary N) is 1. The quantitative estimate of drug-likeness (QED) is 0.819. The Labute approximate surface area is 127 Å². The van der Waals surface area contributed by atoms with Gasteiger partial charge in [-0.25, -0.2) is 0 Å². The van der Waals surface area contributed by atoms with Crippen molar-refractivity contribution in [3.63, 3.8) is 0 Å². The summed E-state index contributed by atoms with van der Waals surface area (Å²) >= 11 is 0. The summed E-state index contributed by atoms with van der Waals surface area (Å²) in [5.74, 6) is 0.274. The third kappa shape index (κ3) is 4.21. The molecule has 1 fully saturated rings. The van der Waals surface area contributed by atoms with Gasteiger partial charge in [-0.1, -0.05) is 19.1 Å². The highest BCUT2D eigenvalue weighted by Gasteiger charge is 2.27. The number of amides is 1. The summed E-state index contributed by atoms with van der Waals surface area (Å²) in [5, 5.41) is 0. The van der Waals surface area contributed by atoms with Crippen molar-refractivity contribution in [3.05, 3.63) is 29.8 Å². The molecule has 0 radical (unpaired) electrons. The molecule has 0 aromatic heterocycles. The number of nitrogen functional groups attached to an aromatic ring is 1. The van der Waals surface area contributed by atoms with Crippen LogP contribution in [0.15, 0.2) is 24.3 Å². The molecule has 1 aliphatic rings. The lowest BCUT2D eigenvalue weighted by Crippen LogP contribution is -2.46. The number of likely N-dealkylation sites (tertiary alicyclic amines) is 1. The molecule has 1 unspecified atom stereocenters. The van der Waals surface area contributed by atoms with Crippen LogP contribution in [-0.2, 0) is 11.3 Å². The number of benzene rings is 1. The Morgan fingerprint density at radius 1 is 1.29 bits per heavy atom. The summed E-state index contributed by atoms with van der Waals surface area (Å²) in [6.07, 6.45) is 3.33. The molecule has 116 valence electrons. The Morgan fingerprint density at radius 3 is 2.48 bits per heavy atom. The first-order chi connectivity index (χ1) is 10.1. The van der Waals surface area contributed by atoms with E-state index in [9.17, 15) is 4.79 Å². The van der Waals surface area contributed by atoms with Crippen LogP contribution >= 0.6 is 0 Å². The first-order valence-electron chi connectivity index (χ1n) is 7.99. The zero-order chi connectivity index (χ0) is 15.2. The van der Waals surface area contributed by atoms with E-state index in [-0.39, 0.29) is 11.9 Å². The second-order valence-electron chi connectivity index (χ2n) is 5.92. The van der Waals surface area contributed by atoms with Crippen molar-refractivity contribution in [3.8, 4) is 0 Å². The van der Waals surface area contributed by atoms with Gasteiger partial charge in [-0.15, -0.1) is 0 Å². The molecule has 1 aromatic rings. The third-order valence-electron chi connectivity index (χ3n) is 4.20. The van der Waals surface area contributed by atoms with Gasteiger partial charge in [0.2, 0.25) is 5.91 Å². The summed E-state index contributed by atoms with van der Waals surface area (Å²) < 4.78 is 0. The molecule has 1 aromatic carbocycles. The molecule has 1 amide bonds. The lowest BCUT2D eigenvalue weighted by atomic mass is 10.1. The molecule has 4 heteroatoms. The summed E-state index contributed by atoms with van der Waals surface area (Å²) in [5.41, 5.74) is 7.72. The number of nitrogens with zero attached hydrogens (tertiary/aromatic N) is 2. The van der Waals surface area contributed by atoms with Crippen molar-refractivity contribution in [1.29, 1.82) is 0 Å². The number of carbonyl (C=O) groups is 1. The lowest BCUT2D eigenvalue weighted by molar-refractivity contribution is -0.135. The third-order valence-corrected chi connectivity index (χ3v) is 4.20. The fraction of sp³-hybridized carbons (Fsp3) is 0.588. The van der Waals surface area contributed by atoms with Gasteiger partial charge in [0.1, 0.15) is 0 Å². The second-order valence-corrected chi connectivity index (χ2v) is 5.92. The second kappa shape index (κ2) is 7.46. The fourth-order valence-electron chi connectivity index (χ4n) is 2.91. The molecule has 1 atom stereocenters. The average molecular weight is 289 g/mol. The van der Waals surface area contributed by atoms with E-state index in [0.29, 0.717) is 0 Å². The van der Waals surface area contributed by atoms with Crippen molar-refractivity contribution in [2.75, 3.05) is 25.4 Å². The van der Waals surface area contributed by atoms with E-state index < -0.39 is 0 Å². The molecule has 0 spiro atoms. The summed E-state index contributed by atoms with van der Waals surface area (Å²) in [6.45, 7) is 7.77. The molecule has 1 saturated heterocycles. The first kappa shape index (κ1) is 15.8. The van der Waals surface area contributed by atoms with Crippen LogP contribution in [0.25, 0.3) is 0 Å². The maximum Gasteiger partial charge on any atom is 0.239 e. The largest absolute Gasteiger partial charge is 0.399 e. The summed E-state index contributed by atoms with van der Waals surface area (Å²) in [6, 6.07) is 7.88. The maximum absolute atomic E-state index is 12.6. The molecule has 2 rings (SSSR count). The minimum absolute atomic E-state index is 0.0550. The number of hydrogen-bond donors (Lipinski definition) is 1. The van der Waals surface area contributed by atoms with Gasteiger partial charge < -0.3 is 10.6 Å². The number of anilines is 1.